The summed E-state index contributed by atoms with van der Waals surface area (Å²) in [5.74, 6) is 4.24. The number of imide groups is 1. The molecule has 2 rings (SSSR count). The fourth-order valence-corrected chi connectivity index (χ4v) is 1.85. The van der Waals surface area contributed by atoms with Gasteiger partial charge in [0.15, 0.2) is 0 Å². The second kappa shape index (κ2) is 5.09. The number of hydrazine groups is 1. The Morgan fingerprint density at radius 2 is 2.25 bits per heavy atom. The zero-order valence-electron chi connectivity index (χ0n) is 10.5. The molecule has 1 aliphatic rings. The second-order valence-corrected chi connectivity index (χ2v) is 4.16. The first-order chi connectivity index (χ1) is 9.43. The van der Waals surface area contributed by atoms with Crippen molar-refractivity contribution in [3.63, 3.8) is 0 Å². The summed E-state index contributed by atoms with van der Waals surface area (Å²) < 4.78 is 0. The molecule has 2 amide bonds. The maximum Gasteiger partial charge on any atom is 0.311 e. The monoisotopic (exact) mass is 280 g/mol. The second-order valence-electron chi connectivity index (χ2n) is 4.16. The van der Waals surface area contributed by atoms with Crippen LogP contribution < -0.4 is 21.5 Å². The molecule has 0 aromatic carbocycles. The average Bonchev–Trinajstić information content (AvgIpc) is 2.42. The van der Waals surface area contributed by atoms with E-state index in [9.17, 15) is 19.7 Å². The van der Waals surface area contributed by atoms with E-state index < -0.39 is 22.8 Å². The normalized spacial score (nSPS) is 18.7. The SMILES string of the molecule is CC1C(=O)NC(=O)CN1c1nc(NN)ccc1[N+](=O)[O-]. The van der Waals surface area contributed by atoms with E-state index in [0.29, 0.717) is 0 Å². The number of rotatable bonds is 3. The molecule has 1 fully saturated rings. The lowest BCUT2D eigenvalue weighted by atomic mass is 10.2. The molecule has 0 radical (unpaired) electrons. The summed E-state index contributed by atoms with van der Waals surface area (Å²) >= 11 is 0. The molecular weight excluding hydrogens is 268 g/mol. The van der Waals surface area contributed by atoms with Gasteiger partial charge in [0, 0.05) is 6.07 Å². The predicted molar refractivity (Wildman–Crippen MR) is 68.7 cm³/mol. The molecule has 10 nitrogen and oxygen atoms in total. The van der Waals surface area contributed by atoms with Crippen LogP contribution in [0.3, 0.4) is 0 Å². The van der Waals surface area contributed by atoms with Crippen molar-refractivity contribution in [3.8, 4) is 0 Å². The molecule has 1 unspecified atom stereocenters. The van der Waals surface area contributed by atoms with E-state index in [1.54, 1.807) is 0 Å². The molecule has 20 heavy (non-hydrogen) atoms. The molecule has 0 bridgehead atoms. The van der Waals surface area contributed by atoms with Gasteiger partial charge >= 0.3 is 5.69 Å². The van der Waals surface area contributed by atoms with Crippen LogP contribution in [0.5, 0.6) is 0 Å². The van der Waals surface area contributed by atoms with Crippen LogP contribution in [-0.2, 0) is 9.59 Å². The van der Waals surface area contributed by atoms with Crippen LogP contribution >= 0.6 is 0 Å². The molecular formula is C10H12N6O4. The number of nitrogens with zero attached hydrogens (tertiary/aromatic N) is 3. The number of nitro groups is 1. The molecule has 106 valence electrons. The lowest BCUT2D eigenvalue weighted by Crippen LogP contribution is -2.57. The number of piperazine rings is 1. The molecule has 0 aliphatic carbocycles. The van der Waals surface area contributed by atoms with Crippen LogP contribution in [0.15, 0.2) is 12.1 Å². The number of nitrogen functional groups attached to an aromatic ring is 1. The number of hydrogen-bond donors (Lipinski definition) is 3. The van der Waals surface area contributed by atoms with Crippen LogP contribution in [0.2, 0.25) is 0 Å². The zero-order chi connectivity index (χ0) is 14.9. The zero-order valence-corrected chi connectivity index (χ0v) is 10.5. The fraction of sp³-hybridized carbons (Fsp3) is 0.300. The predicted octanol–water partition coefficient (Wildman–Crippen LogP) is -0.873. The highest BCUT2D eigenvalue weighted by atomic mass is 16.6. The third-order valence-corrected chi connectivity index (χ3v) is 2.89. The van der Waals surface area contributed by atoms with Crippen LogP contribution in [-0.4, -0.2) is 34.3 Å². The highest BCUT2D eigenvalue weighted by Crippen LogP contribution is 2.29. The van der Waals surface area contributed by atoms with Crippen molar-refractivity contribution in [3.05, 3.63) is 22.2 Å². The Kier molecular flexibility index (Phi) is 3.48. The van der Waals surface area contributed by atoms with Gasteiger partial charge in [-0.2, -0.15) is 0 Å². The van der Waals surface area contributed by atoms with Gasteiger partial charge in [0.05, 0.1) is 11.5 Å². The van der Waals surface area contributed by atoms with Crippen LogP contribution in [0.1, 0.15) is 6.92 Å². The van der Waals surface area contributed by atoms with Crippen molar-refractivity contribution < 1.29 is 14.5 Å². The number of amides is 2. The largest absolute Gasteiger partial charge is 0.330 e. The molecule has 10 heteroatoms. The Bertz CT molecular complexity index is 589. The molecule has 4 N–H and O–H groups in total. The standard InChI is InChI=1S/C10H12N6O4/c1-5-10(18)13-8(17)4-15(5)9-6(16(19)20)2-3-7(12-9)14-11/h2-3,5H,4,11H2,1H3,(H,12,14)(H,13,17,18). The number of carbonyl (C=O) groups excluding carboxylic acids is 2. The number of nitrogens with two attached hydrogens (primary N) is 1. The first-order valence-electron chi connectivity index (χ1n) is 5.66. The van der Waals surface area contributed by atoms with E-state index in [-0.39, 0.29) is 23.9 Å². The van der Waals surface area contributed by atoms with Crippen molar-refractivity contribution in [1.82, 2.24) is 10.3 Å². The maximum atomic E-state index is 11.6. The summed E-state index contributed by atoms with van der Waals surface area (Å²) in [5.41, 5.74) is 1.96. The van der Waals surface area contributed by atoms with Crippen molar-refractivity contribution in [2.45, 2.75) is 13.0 Å². The minimum atomic E-state index is -0.757. The van der Waals surface area contributed by atoms with Gasteiger partial charge in [-0.05, 0) is 13.0 Å². The Hall–Kier alpha value is -2.75. The van der Waals surface area contributed by atoms with Crippen molar-refractivity contribution in [1.29, 1.82) is 0 Å². The lowest BCUT2D eigenvalue weighted by Gasteiger charge is -2.32. The van der Waals surface area contributed by atoms with E-state index in [0.717, 1.165) is 0 Å². The fourth-order valence-electron chi connectivity index (χ4n) is 1.85. The van der Waals surface area contributed by atoms with E-state index in [1.165, 1.54) is 24.0 Å². The third-order valence-electron chi connectivity index (χ3n) is 2.89. The topological polar surface area (TPSA) is 143 Å². The highest BCUT2D eigenvalue weighted by molar-refractivity contribution is 6.04. The molecule has 1 aromatic rings. The van der Waals surface area contributed by atoms with Crippen molar-refractivity contribution in [2.24, 2.45) is 5.84 Å². The van der Waals surface area contributed by atoms with Crippen LogP contribution in [0.25, 0.3) is 0 Å². The molecule has 2 heterocycles. The molecule has 0 saturated carbocycles. The number of carbonyl (C=O) groups is 2. The lowest BCUT2D eigenvalue weighted by molar-refractivity contribution is -0.384. The van der Waals surface area contributed by atoms with Crippen LogP contribution in [0, 0.1) is 10.1 Å². The average molecular weight is 280 g/mol. The molecule has 1 aromatic heterocycles. The van der Waals surface area contributed by atoms with Crippen molar-refractivity contribution in [2.75, 3.05) is 16.9 Å². The first-order valence-corrected chi connectivity index (χ1v) is 5.66. The summed E-state index contributed by atoms with van der Waals surface area (Å²) in [5, 5.41) is 13.2. The number of anilines is 2. The molecule has 1 saturated heterocycles. The first kappa shape index (κ1) is 13.7. The maximum absolute atomic E-state index is 11.6. The number of nitrogens with one attached hydrogen (secondary N) is 2. The Labute approximate surface area is 113 Å². The van der Waals surface area contributed by atoms with E-state index in [2.05, 4.69) is 15.7 Å². The third kappa shape index (κ3) is 2.36. The van der Waals surface area contributed by atoms with E-state index in [1.807, 2.05) is 0 Å². The Balaban J connectivity index is 2.51. The highest BCUT2D eigenvalue weighted by Gasteiger charge is 2.35. The number of pyridine rings is 1. The molecule has 1 atom stereocenters. The summed E-state index contributed by atoms with van der Waals surface area (Å²) in [6.45, 7) is 1.32. The van der Waals surface area contributed by atoms with Gasteiger partial charge < -0.3 is 10.3 Å². The summed E-state index contributed by atoms with van der Waals surface area (Å²) in [7, 11) is 0. The number of hydrogen-bond acceptors (Lipinski definition) is 8. The van der Waals surface area contributed by atoms with Gasteiger partial charge in [-0.25, -0.2) is 10.8 Å². The van der Waals surface area contributed by atoms with Gasteiger partial charge in [-0.1, -0.05) is 0 Å². The van der Waals surface area contributed by atoms with E-state index >= 15 is 0 Å². The van der Waals surface area contributed by atoms with Gasteiger partial charge in [-0.3, -0.25) is 25.0 Å². The number of aromatic nitrogens is 1. The van der Waals surface area contributed by atoms with Gasteiger partial charge in [0.1, 0.15) is 11.9 Å². The molecule has 1 aliphatic heterocycles. The van der Waals surface area contributed by atoms with Gasteiger partial charge in [-0.15, -0.1) is 0 Å². The minimum Gasteiger partial charge on any atom is -0.330 e. The smallest absolute Gasteiger partial charge is 0.311 e. The van der Waals surface area contributed by atoms with Gasteiger partial charge in [0.2, 0.25) is 17.6 Å². The minimum absolute atomic E-state index is 0.0823. The quantitative estimate of drug-likeness (QED) is 0.280. The summed E-state index contributed by atoms with van der Waals surface area (Å²) in [4.78, 5) is 38.7. The summed E-state index contributed by atoms with van der Waals surface area (Å²) in [6, 6.07) is 1.78. The van der Waals surface area contributed by atoms with E-state index in [4.69, 9.17) is 5.84 Å². The Morgan fingerprint density at radius 3 is 2.85 bits per heavy atom. The van der Waals surface area contributed by atoms with Gasteiger partial charge in [0.25, 0.3) is 0 Å². The van der Waals surface area contributed by atoms with Crippen molar-refractivity contribution >= 4 is 29.1 Å². The van der Waals surface area contributed by atoms with Crippen LogP contribution in [0.4, 0.5) is 17.3 Å². The summed E-state index contributed by atoms with van der Waals surface area (Å²) in [6.07, 6.45) is 0. The Morgan fingerprint density at radius 1 is 1.55 bits per heavy atom. The molecule has 0 spiro atoms.